The van der Waals surface area contributed by atoms with Crippen LogP contribution in [0, 0.1) is 0 Å². The summed E-state index contributed by atoms with van der Waals surface area (Å²) in [6.07, 6.45) is 2.61. The van der Waals surface area contributed by atoms with Crippen LogP contribution in [0.15, 0.2) is 47.4 Å². The van der Waals surface area contributed by atoms with E-state index >= 15 is 0 Å². The van der Waals surface area contributed by atoms with Gasteiger partial charge in [0.15, 0.2) is 9.84 Å². The molecule has 2 aromatic carbocycles. The molecule has 5 heteroatoms. The topological polar surface area (TPSA) is 71.4 Å². The molecule has 26 heavy (non-hydrogen) atoms. The number of rotatable bonds is 3. The van der Waals surface area contributed by atoms with Crippen LogP contribution < -0.4 is 0 Å². The zero-order valence-corrected chi connectivity index (χ0v) is 15.9. The molecule has 3 rings (SSSR count). The Morgan fingerprint density at radius 2 is 1.69 bits per heavy atom. The first-order valence-electron chi connectivity index (χ1n) is 8.49. The minimum absolute atomic E-state index is 0.179. The smallest absolute Gasteiger partial charge is 0.335 e. The Labute approximate surface area is 154 Å². The lowest BCUT2D eigenvalue weighted by Gasteiger charge is -2.32. The van der Waals surface area contributed by atoms with Crippen molar-refractivity contribution in [3.05, 3.63) is 64.7 Å². The van der Waals surface area contributed by atoms with Crippen LogP contribution in [0.2, 0.25) is 0 Å². The number of hydrogen-bond donors (Lipinski definition) is 1. The van der Waals surface area contributed by atoms with Crippen molar-refractivity contribution in [2.24, 2.45) is 0 Å². The lowest BCUT2D eigenvalue weighted by molar-refractivity contribution is 0.0697. The van der Waals surface area contributed by atoms with Crippen LogP contribution in [0.4, 0.5) is 0 Å². The van der Waals surface area contributed by atoms with Gasteiger partial charge in [-0.3, -0.25) is 0 Å². The first kappa shape index (κ1) is 18.4. The molecule has 0 saturated heterocycles. The number of fused-ring (bicyclic) bond motifs is 1. The highest BCUT2D eigenvalue weighted by Crippen LogP contribution is 2.39. The normalized spacial score (nSPS) is 18.2. The molecule has 0 atom stereocenters. The van der Waals surface area contributed by atoms with Gasteiger partial charge in [-0.05, 0) is 65.3 Å². The average Bonchev–Trinajstić information content (AvgIpc) is 2.59. The Morgan fingerprint density at radius 3 is 2.31 bits per heavy atom. The number of allylic oxidation sites excluding steroid dienone is 1. The van der Waals surface area contributed by atoms with E-state index < -0.39 is 15.8 Å². The molecule has 0 amide bonds. The summed E-state index contributed by atoms with van der Waals surface area (Å²) < 4.78 is 24.7. The highest BCUT2D eigenvalue weighted by atomic mass is 32.2. The summed E-state index contributed by atoms with van der Waals surface area (Å²) in [5.74, 6) is -0.756. The molecule has 0 aromatic heterocycles. The number of carboxylic acids is 1. The van der Waals surface area contributed by atoms with Gasteiger partial charge in [0.05, 0.1) is 16.2 Å². The Kier molecular flexibility index (Phi) is 4.53. The average molecular weight is 370 g/mol. The van der Waals surface area contributed by atoms with Gasteiger partial charge in [0.2, 0.25) is 0 Å². The van der Waals surface area contributed by atoms with Crippen LogP contribution in [0.5, 0.6) is 0 Å². The van der Waals surface area contributed by atoms with Gasteiger partial charge >= 0.3 is 5.97 Å². The van der Waals surface area contributed by atoms with Crippen LogP contribution >= 0.6 is 0 Å². The third-order valence-corrected chi connectivity index (χ3v) is 6.80. The van der Waals surface area contributed by atoms with Crippen LogP contribution in [0.3, 0.4) is 0 Å². The molecule has 2 aromatic rings. The SMILES string of the molecule is CC(=Cc1ccc2c(c1)C(C)(C)CCS2(=O)=O)c1ccc(C(=O)O)cc1. The molecular weight excluding hydrogens is 348 g/mol. The molecule has 0 fully saturated rings. The number of carboxylic acid groups (broad SMARTS) is 1. The lowest BCUT2D eigenvalue weighted by Crippen LogP contribution is -2.30. The third-order valence-electron chi connectivity index (χ3n) is 5.03. The zero-order chi connectivity index (χ0) is 19.1. The van der Waals surface area contributed by atoms with Gasteiger partial charge in [-0.1, -0.05) is 38.1 Å². The van der Waals surface area contributed by atoms with E-state index in [9.17, 15) is 13.2 Å². The van der Waals surface area contributed by atoms with Gasteiger partial charge in [0, 0.05) is 0 Å². The Balaban J connectivity index is 2.00. The molecular formula is C21H22O4S. The number of hydrogen-bond acceptors (Lipinski definition) is 3. The van der Waals surface area contributed by atoms with Crippen LogP contribution in [0.1, 0.15) is 54.2 Å². The lowest BCUT2D eigenvalue weighted by atomic mass is 9.81. The van der Waals surface area contributed by atoms with E-state index in [1.807, 2.05) is 25.1 Å². The standard InChI is InChI=1S/C21H22O4S/c1-14(16-5-7-17(8-6-16)20(22)23)12-15-4-9-19-18(13-15)21(2,3)10-11-26(19,24)25/h4-9,12-13H,10-11H2,1-3H3,(H,22,23). The quantitative estimate of drug-likeness (QED) is 0.813. The van der Waals surface area contributed by atoms with E-state index in [0.29, 0.717) is 11.3 Å². The van der Waals surface area contributed by atoms with Crippen LogP contribution in [-0.4, -0.2) is 25.2 Å². The highest BCUT2D eigenvalue weighted by molar-refractivity contribution is 7.91. The number of carbonyl (C=O) groups is 1. The maximum Gasteiger partial charge on any atom is 0.335 e. The molecule has 4 nitrogen and oxygen atoms in total. The number of aromatic carboxylic acids is 1. The van der Waals surface area contributed by atoms with Gasteiger partial charge in [0.25, 0.3) is 0 Å². The summed E-state index contributed by atoms with van der Waals surface area (Å²) in [6.45, 7) is 6.11. The third kappa shape index (κ3) is 3.44. The van der Waals surface area contributed by atoms with E-state index in [-0.39, 0.29) is 16.7 Å². The second kappa shape index (κ2) is 6.40. The molecule has 136 valence electrons. The van der Waals surface area contributed by atoms with E-state index in [0.717, 1.165) is 22.3 Å². The molecule has 0 spiro atoms. The highest BCUT2D eigenvalue weighted by Gasteiger charge is 2.35. The second-order valence-electron chi connectivity index (χ2n) is 7.42. The van der Waals surface area contributed by atoms with E-state index in [1.54, 1.807) is 30.3 Å². The predicted molar refractivity (Wildman–Crippen MR) is 103 cm³/mol. The molecule has 1 aliphatic heterocycles. The summed E-state index contributed by atoms with van der Waals surface area (Å²) >= 11 is 0. The Morgan fingerprint density at radius 1 is 1.08 bits per heavy atom. The minimum atomic E-state index is -3.20. The minimum Gasteiger partial charge on any atom is -0.478 e. The summed E-state index contributed by atoms with van der Waals surface area (Å²) in [6, 6.07) is 12.2. The molecule has 0 saturated carbocycles. The first-order chi connectivity index (χ1) is 12.1. The van der Waals surface area contributed by atoms with Gasteiger partial charge in [-0.25, -0.2) is 13.2 Å². The largest absolute Gasteiger partial charge is 0.478 e. The summed E-state index contributed by atoms with van der Waals surface area (Å²) in [4.78, 5) is 11.4. The van der Waals surface area contributed by atoms with Gasteiger partial charge < -0.3 is 5.11 Å². The summed E-state index contributed by atoms with van der Waals surface area (Å²) in [5, 5.41) is 8.99. The molecule has 0 radical (unpaired) electrons. The number of sulfone groups is 1. The fourth-order valence-corrected chi connectivity index (χ4v) is 5.23. The van der Waals surface area contributed by atoms with Crippen molar-refractivity contribution >= 4 is 27.5 Å². The summed E-state index contributed by atoms with van der Waals surface area (Å²) in [5.41, 5.74) is 3.79. The van der Waals surface area contributed by atoms with Crippen LogP contribution in [-0.2, 0) is 15.3 Å². The van der Waals surface area contributed by atoms with Gasteiger partial charge in [0.1, 0.15) is 0 Å². The molecule has 1 N–H and O–H groups in total. The molecule has 0 bridgehead atoms. The Hall–Kier alpha value is -2.40. The maximum absolute atomic E-state index is 12.3. The van der Waals surface area contributed by atoms with Crippen molar-refractivity contribution < 1.29 is 18.3 Å². The van der Waals surface area contributed by atoms with Gasteiger partial charge in [-0.2, -0.15) is 0 Å². The van der Waals surface area contributed by atoms with Crippen LogP contribution in [0.25, 0.3) is 11.6 Å². The zero-order valence-electron chi connectivity index (χ0n) is 15.1. The predicted octanol–water partition coefficient (Wildman–Crippen LogP) is 4.40. The van der Waals surface area contributed by atoms with Crippen molar-refractivity contribution in [3.8, 4) is 0 Å². The fraction of sp³-hybridized carbons (Fsp3) is 0.286. The molecule has 1 heterocycles. The van der Waals surface area contributed by atoms with Crippen molar-refractivity contribution in [2.45, 2.75) is 37.5 Å². The molecule has 0 aliphatic carbocycles. The maximum atomic E-state index is 12.3. The molecule has 1 aliphatic rings. The number of benzene rings is 2. The van der Waals surface area contributed by atoms with Crippen molar-refractivity contribution in [1.82, 2.24) is 0 Å². The molecule has 0 unspecified atom stereocenters. The first-order valence-corrected chi connectivity index (χ1v) is 10.1. The van der Waals surface area contributed by atoms with Crippen molar-refractivity contribution in [1.29, 1.82) is 0 Å². The van der Waals surface area contributed by atoms with Crippen molar-refractivity contribution in [3.63, 3.8) is 0 Å². The van der Waals surface area contributed by atoms with Crippen molar-refractivity contribution in [2.75, 3.05) is 5.75 Å². The monoisotopic (exact) mass is 370 g/mol. The van der Waals surface area contributed by atoms with E-state index in [4.69, 9.17) is 5.11 Å². The van der Waals surface area contributed by atoms with Gasteiger partial charge in [-0.15, -0.1) is 0 Å². The second-order valence-corrected chi connectivity index (χ2v) is 9.50. The van der Waals surface area contributed by atoms with E-state index in [1.165, 1.54) is 0 Å². The Bertz CT molecular complexity index is 997. The fourth-order valence-electron chi connectivity index (χ4n) is 3.28. The van der Waals surface area contributed by atoms with E-state index in [2.05, 4.69) is 13.8 Å². The summed E-state index contributed by atoms with van der Waals surface area (Å²) in [7, 11) is -3.20.